The second kappa shape index (κ2) is 14.0. The van der Waals surface area contributed by atoms with E-state index in [0.717, 1.165) is 51.9 Å². The second-order valence-corrected chi connectivity index (χ2v) is 10.7. The number of aliphatic hydroxyl groups excluding tert-OH is 2. The number of nitrogens with zero attached hydrogens (tertiary/aromatic N) is 2. The smallest absolute Gasteiger partial charge is 0.303 e. The van der Waals surface area contributed by atoms with E-state index in [-0.39, 0.29) is 36.1 Å². The number of carboxylic acid groups (broad SMARTS) is 2. The number of hydrogen-bond donors (Lipinski definition) is 4. The van der Waals surface area contributed by atoms with E-state index in [1.54, 1.807) is 0 Å². The summed E-state index contributed by atoms with van der Waals surface area (Å²) in [7, 11) is -3.11. The van der Waals surface area contributed by atoms with Gasteiger partial charge in [0, 0.05) is 39.3 Å². The Hall–Kier alpha value is -1.27. The van der Waals surface area contributed by atoms with Crippen LogP contribution in [0.2, 0.25) is 0 Å². The van der Waals surface area contributed by atoms with Crippen molar-refractivity contribution in [3.05, 3.63) is 0 Å². The monoisotopic (exact) mass is 466 g/mol. The van der Waals surface area contributed by atoms with Gasteiger partial charge in [0.05, 0.1) is 36.1 Å². The first-order valence-electron chi connectivity index (χ1n) is 11.0. The number of sulfone groups is 1. The summed E-state index contributed by atoms with van der Waals surface area (Å²) in [4.78, 5) is 23.6. The average Bonchev–Trinajstić information content (AvgIpc) is 2.69. The molecule has 0 saturated carbocycles. The van der Waals surface area contributed by atoms with Crippen LogP contribution in [0.1, 0.15) is 51.9 Å². The van der Waals surface area contributed by atoms with Crippen LogP contribution in [-0.2, 0) is 19.4 Å². The van der Waals surface area contributed by atoms with Gasteiger partial charge in [-0.05, 0) is 32.1 Å². The van der Waals surface area contributed by atoms with Crippen LogP contribution in [0.4, 0.5) is 0 Å². The lowest BCUT2D eigenvalue weighted by atomic mass is 10.1. The molecule has 2 heterocycles. The minimum absolute atomic E-state index is 0.236. The summed E-state index contributed by atoms with van der Waals surface area (Å²) in [6.07, 6.45) is 2.52. The summed E-state index contributed by atoms with van der Waals surface area (Å²) in [5.74, 6) is -1.91. The van der Waals surface area contributed by atoms with E-state index in [0.29, 0.717) is 19.5 Å². The number of hydrogen-bond acceptors (Lipinski definition) is 8. The number of rotatable bonds is 10. The summed E-state index contributed by atoms with van der Waals surface area (Å²) < 4.78 is 25.3. The van der Waals surface area contributed by atoms with E-state index in [1.807, 2.05) is 6.92 Å². The van der Waals surface area contributed by atoms with Gasteiger partial charge in [-0.1, -0.05) is 6.92 Å². The first-order valence-corrected chi connectivity index (χ1v) is 12.7. The number of likely N-dealkylation sites (tertiary alicyclic amines) is 2. The molecule has 2 saturated heterocycles. The average molecular weight is 467 g/mol. The van der Waals surface area contributed by atoms with Gasteiger partial charge in [0.25, 0.3) is 0 Å². The van der Waals surface area contributed by atoms with Gasteiger partial charge in [-0.15, -0.1) is 0 Å². The van der Waals surface area contributed by atoms with Gasteiger partial charge in [0.15, 0.2) is 9.84 Å². The second-order valence-electron chi connectivity index (χ2n) is 8.34. The number of aliphatic carboxylic acids is 2. The first-order chi connectivity index (χ1) is 14.5. The summed E-state index contributed by atoms with van der Waals surface area (Å²) in [5, 5.41) is 34.7. The molecule has 2 aliphatic rings. The topological polar surface area (TPSA) is 156 Å². The number of carbonyl (C=O) groups is 2. The van der Waals surface area contributed by atoms with Gasteiger partial charge in [-0.2, -0.15) is 0 Å². The van der Waals surface area contributed by atoms with E-state index >= 15 is 0 Å². The Morgan fingerprint density at radius 3 is 1.48 bits per heavy atom. The molecule has 0 radical (unpaired) electrons. The normalized spacial score (nSPS) is 19.7. The van der Waals surface area contributed by atoms with Crippen LogP contribution >= 0.6 is 0 Å². The van der Waals surface area contributed by atoms with Gasteiger partial charge in [-0.3, -0.25) is 9.59 Å². The van der Waals surface area contributed by atoms with Crippen molar-refractivity contribution in [2.75, 3.05) is 45.0 Å². The Kier molecular flexibility index (Phi) is 12.5. The van der Waals surface area contributed by atoms with Crippen LogP contribution in [0.25, 0.3) is 0 Å². The largest absolute Gasteiger partial charge is 0.481 e. The highest BCUT2D eigenvalue weighted by Gasteiger charge is 2.31. The maximum Gasteiger partial charge on any atom is 0.303 e. The maximum absolute atomic E-state index is 12.7. The fourth-order valence-corrected chi connectivity index (χ4v) is 5.51. The van der Waals surface area contributed by atoms with Crippen LogP contribution in [0, 0.1) is 0 Å². The molecule has 0 bridgehead atoms. The Morgan fingerprint density at radius 1 is 0.839 bits per heavy atom. The summed E-state index contributed by atoms with van der Waals surface area (Å²) >= 11 is 0. The van der Waals surface area contributed by atoms with Crippen LogP contribution < -0.4 is 0 Å². The van der Waals surface area contributed by atoms with Crippen molar-refractivity contribution >= 4 is 21.8 Å². The molecule has 0 aromatic rings. The predicted molar refractivity (Wildman–Crippen MR) is 116 cm³/mol. The fraction of sp³-hybridized carbons (Fsp3) is 0.900. The maximum atomic E-state index is 12.7. The molecular weight excluding hydrogens is 428 g/mol. The Labute approximate surface area is 184 Å². The molecule has 2 rings (SSSR count). The predicted octanol–water partition coefficient (Wildman–Crippen LogP) is 0.0290. The van der Waals surface area contributed by atoms with E-state index in [9.17, 15) is 28.2 Å². The van der Waals surface area contributed by atoms with Gasteiger partial charge >= 0.3 is 11.9 Å². The first kappa shape index (κ1) is 27.8. The van der Waals surface area contributed by atoms with E-state index < -0.39 is 21.8 Å². The molecule has 31 heavy (non-hydrogen) atoms. The number of carboxylic acids is 2. The molecule has 4 N–H and O–H groups in total. The minimum atomic E-state index is -3.11. The number of piperidine rings is 2. The van der Waals surface area contributed by atoms with Crippen LogP contribution in [-0.4, -0.2) is 113 Å². The molecule has 0 amide bonds. The highest BCUT2D eigenvalue weighted by Crippen LogP contribution is 2.17. The van der Waals surface area contributed by atoms with E-state index in [4.69, 9.17) is 10.2 Å². The molecule has 0 aromatic heterocycles. The molecule has 10 nitrogen and oxygen atoms in total. The van der Waals surface area contributed by atoms with E-state index in [2.05, 4.69) is 9.80 Å². The molecule has 0 spiro atoms. The van der Waals surface area contributed by atoms with Crippen molar-refractivity contribution in [2.45, 2.75) is 69.3 Å². The molecular formula is C20H38N2O8S. The van der Waals surface area contributed by atoms with Crippen molar-refractivity contribution < 1.29 is 38.4 Å². The van der Waals surface area contributed by atoms with Crippen molar-refractivity contribution in [1.29, 1.82) is 0 Å². The lowest BCUT2D eigenvalue weighted by Crippen LogP contribution is -2.49. The highest BCUT2D eigenvalue weighted by atomic mass is 32.2. The van der Waals surface area contributed by atoms with Crippen LogP contribution in [0.15, 0.2) is 0 Å². The Balaban J connectivity index is 0.000000512. The van der Waals surface area contributed by atoms with Gasteiger partial charge in [-0.25, -0.2) is 8.42 Å². The summed E-state index contributed by atoms with van der Waals surface area (Å²) in [6, 6.07) is 0. The van der Waals surface area contributed by atoms with Crippen molar-refractivity contribution in [3.8, 4) is 0 Å². The zero-order chi connectivity index (χ0) is 23.4. The van der Waals surface area contributed by atoms with Crippen molar-refractivity contribution in [3.63, 3.8) is 0 Å². The Bertz CT molecular complexity index is 604. The third kappa shape index (κ3) is 11.8. The standard InChI is InChI=1S/C16H32N2O4S.C4H6O4/c1-2-11-23(21,22)16(12-17-7-3-14(19)4-8-17)13-18-9-5-15(20)6-10-18;5-3(6)1-2-4(7)8/h14-16,19-20H,2-13H2,1H3;1-2H2,(H,5,6)(H,7,8). The fourth-order valence-electron chi connectivity index (χ4n) is 3.73. The van der Waals surface area contributed by atoms with Crippen LogP contribution in [0.5, 0.6) is 0 Å². The van der Waals surface area contributed by atoms with Gasteiger partial charge in [0.2, 0.25) is 0 Å². The molecule has 0 aliphatic carbocycles. The molecule has 2 fully saturated rings. The highest BCUT2D eigenvalue weighted by molar-refractivity contribution is 7.92. The summed E-state index contributed by atoms with van der Waals surface area (Å²) in [6.45, 7) is 6.14. The molecule has 182 valence electrons. The van der Waals surface area contributed by atoms with Gasteiger partial charge < -0.3 is 30.2 Å². The van der Waals surface area contributed by atoms with Crippen molar-refractivity contribution in [2.24, 2.45) is 0 Å². The van der Waals surface area contributed by atoms with Crippen molar-refractivity contribution in [1.82, 2.24) is 9.80 Å². The molecule has 11 heteroatoms. The molecule has 0 atom stereocenters. The third-order valence-corrected chi connectivity index (χ3v) is 7.88. The van der Waals surface area contributed by atoms with Crippen LogP contribution in [0.3, 0.4) is 0 Å². The Morgan fingerprint density at radius 2 is 1.19 bits per heavy atom. The van der Waals surface area contributed by atoms with Gasteiger partial charge in [0.1, 0.15) is 0 Å². The lowest BCUT2D eigenvalue weighted by molar-refractivity contribution is -0.143. The number of aliphatic hydroxyl groups is 2. The zero-order valence-electron chi connectivity index (χ0n) is 18.4. The molecule has 2 aliphatic heterocycles. The SMILES string of the molecule is CCCS(=O)(=O)C(CN1CCC(O)CC1)CN1CCC(O)CC1.O=C(O)CCC(=O)O. The quantitative estimate of drug-likeness (QED) is 0.346. The third-order valence-electron chi connectivity index (χ3n) is 5.59. The lowest BCUT2D eigenvalue weighted by Gasteiger charge is -2.36. The molecule has 0 aromatic carbocycles. The minimum Gasteiger partial charge on any atom is -0.481 e. The summed E-state index contributed by atoms with van der Waals surface area (Å²) in [5.41, 5.74) is 0. The van der Waals surface area contributed by atoms with E-state index in [1.165, 1.54) is 0 Å². The molecule has 0 unspecified atom stereocenters. The zero-order valence-corrected chi connectivity index (χ0v) is 19.2.